The molecule has 1 saturated heterocycles. The first-order chi connectivity index (χ1) is 5.72. The molecule has 0 radical (unpaired) electrons. The maximum Gasteiger partial charge on any atom is 0.509 e. The molecule has 3 N–H and O–H groups in total. The van der Waals surface area contributed by atoms with Gasteiger partial charge in [0.05, 0.1) is 13.0 Å². The van der Waals surface area contributed by atoms with E-state index in [9.17, 15) is 9.59 Å². The Bertz CT molecular complexity index is 194. The Balaban J connectivity index is 2.23. The minimum Gasteiger partial charge on any atom is -0.429 e. The number of carbonyl (C=O) groups is 2. The van der Waals surface area contributed by atoms with Gasteiger partial charge < -0.3 is 14.8 Å². The van der Waals surface area contributed by atoms with Crippen LogP contribution in [0.15, 0.2) is 0 Å². The summed E-state index contributed by atoms with van der Waals surface area (Å²) in [5.41, 5.74) is 4.93. The predicted octanol–water partition coefficient (Wildman–Crippen LogP) is -1.06. The average molecular weight is 174 g/mol. The fraction of sp³-hybridized carbons (Fsp3) is 0.667. The molecular weight excluding hydrogens is 164 g/mol. The minimum absolute atomic E-state index is 0.124. The monoisotopic (exact) mass is 174 g/mol. The molecule has 12 heavy (non-hydrogen) atoms. The molecule has 1 aliphatic rings. The highest BCUT2D eigenvalue weighted by Crippen LogP contribution is 2.05. The van der Waals surface area contributed by atoms with E-state index < -0.39 is 12.3 Å². The van der Waals surface area contributed by atoms with Crippen LogP contribution in [0, 0.1) is 0 Å². The lowest BCUT2D eigenvalue weighted by atomic mass is 10.3. The zero-order valence-electron chi connectivity index (χ0n) is 6.41. The van der Waals surface area contributed by atoms with Crippen LogP contribution in [0.5, 0.6) is 0 Å². The van der Waals surface area contributed by atoms with Crippen molar-refractivity contribution in [3.8, 4) is 0 Å². The van der Waals surface area contributed by atoms with Gasteiger partial charge >= 0.3 is 6.16 Å². The van der Waals surface area contributed by atoms with Crippen LogP contribution in [-0.2, 0) is 14.3 Å². The quantitative estimate of drug-likeness (QED) is 0.411. The summed E-state index contributed by atoms with van der Waals surface area (Å²) in [5, 5.41) is 2.51. The number of nitrogens with two attached hydrogens (primary N) is 1. The van der Waals surface area contributed by atoms with Crippen molar-refractivity contribution < 1.29 is 19.1 Å². The number of ether oxygens (including phenoxy) is 2. The fourth-order valence-electron chi connectivity index (χ4n) is 0.900. The van der Waals surface area contributed by atoms with Gasteiger partial charge in [-0.05, 0) is 0 Å². The standard InChI is InChI=1S/C6H10N2O4/c7-3-11-6(10)12-4-1-5(9)8-2-4/h4H,1-3,7H2,(H,8,9)/t4-/m1/s1. The van der Waals surface area contributed by atoms with E-state index in [0.717, 1.165) is 0 Å². The fourth-order valence-corrected chi connectivity index (χ4v) is 0.900. The molecule has 0 aromatic carbocycles. The van der Waals surface area contributed by atoms with E-state index in [1.807, 2.05) is 0 Å². The van der Waals surface area contributed by atoms with Gasteiger partial charge in [0.15, 0.2) is 0 Å². The number of hydrogen-bond donors (Lipinski definition) is 2. The minimum atomic E-state index is -0.834. The molecule has 1 rings (SSSR count). The van der Waals surface area contributed by atoms with E-state index in [1.54, 1.807) is 0 Å². The maximum atomic E-state index is 10.6. The Kier molecular flexibility index (Phi) is 2.87. The van der Waals surface area contributed by atoms with Crippen LogP contribution in [-0.4, -0.2) is 31.4 Å². The molecule has 6 nitrogen and oxygen atoms in total. The van der Waals surface area contributed by atoms with Gasteiger partial charge in [0.1, 0.15) is 12.8 Å². The smallest absolute Gasteiger partial charge is 0.429 e. The van der Waals surface area contributed by atoms with E-state index in [-0.39, 0.29) is 19.1 Å². The number of nitrogens with one attached hydrogen (secondary N) is 1. The van der Waals surface area contributed by atoms with E-state index in [0.29, 0.717) is 6.54 Å². The Labute approximate surface area is 69.0 Å². The second-order valence-electron chi connectivity index (χ2n) is 2.31. The normalized spacial score (nSPS) is 21.8. The topological polar surface area (TPSA) is 90.7 Å². The molecule has 1 heterocycles. The molecule has 0 spiro atoms. The van der Waals surface area contributed by atoms with Gasteiger partial charge in [-0.25, -0.2) is 4.79 Å². The lowest BCUT2D eigenvalue weighted by Gasteiger charge is -2.08. The SMILES string of the molecule is NCOC(=O)O[C@H]1CNC(=O)C1. The lowest BCUT2D eigenvalue weighted by Crippen LogP contribution is -2.23. The highest BCUT2D eigenvalue weighted by Gasteiger charge is 2.25. The average Bonchev–Trinajstić information content (AvgIpc) is 2.36. The van der Waals surface area contributed by atoms with Crippen LogP contribution in [0.1, 0.15) is 6.42 Å². The highest BCUT2D eigenvalue weighted by molar-refractivity contribution is 5.79. The summed E-state index contributed by atoms with van der Waals surface area (Å²) in [4.78, 5) is 21.3. The van der Waals surface area contributed by atoms with Gasteiger partial charge in [-0.15, -0.1) is 0 Å². The summed E-state index contributed by atoms with van der Waals surface area (Å²) in [6.45, 7) is 0.130. The first-order valence-electron chi connectivity index (χ1n) is 3.52. The van der Waals surface area contributed by atoms with Crippen LogP contribution in [0.2, 0.25) is 0 Å². The van der Waals surface area contributed by atoms with E-state index in [2.05, 4.69) is 10.1 Å². The Morgan fingerprint density at radius 1 is 1.75 bits per heavy atom. The van der Waals surface area contributed by atoms with Crippen molar-refractivity contribution in [2.24, 2.45) is 5.73 Å². The van der Waals surface area contributed by atoms with E-state index in [4.69, 9.17) is 10.5 Å². The predicted molar refractivity (Wildman–Crippen MR) is 38.0 cm³/mol. The molecule has 0 bridgehead atoms. The van der Waals surface area contributed by atoms with Crippen molar-refractivity contribution in [2.75, 3.05) is 13.3 Å². The van der Waals surface area contributed by atoms with Crippen LogP contribution in [0.4, 0.5) is 4.79 Å². The van der Waals surface area contributed by atoms with Crippen molar-refractivity contribution in [1.29, 1.82) is 0 Å². The van der Waals surface area contributed by atoms with Crippen molar-refractivity contribution in [1.82, 2.24) is 5.32 Å². The number of rotatable bonds is 2. The molecule has 0 aromatic rings. The summed E-state index contributed by atoms with van der Waals surface area (Å²) in [7, 11) is 0. The second-order valence-corrected chi connectivity index (χ2v) is 2.31. The molecular formula is C6H10N2O4. The van der Waals surface area contributed by atoms with Crippen molar-refractivity contribution in [2.45, 2.75) is 12.5 Å². The van der Waals surface area contributed by atoms with Gasteiger partial charge in [0, 0.05) is 0 Å². The molecule has 0 unspecified atom stereocenters. The van der Waals surface area contributed by atoms with Crippen LogP contribution in [0.3, 0.4) is 0 Å². The third-order valence-corrected chi connectivity index (χ3v) is 1.40. The van der Waals surface area contributed by atoms with E-state index >= 15 is 0 Å². The molecule has 0 aromatic heterocycles. The van der Waals surface area contributed by atoms with Gasteiger partial charge in [-0.3, -0.25) is 10.5 Å². The van der Waals surface area contributed by atoms with E-state index in [1.165, 1.54) is 0 Å². The highest BCUT2D eigenvalue weighted by atomic mass is 16.7. The largest absolute Gasteiger partial charge is 0.509 e. The number of carbonyl (C=O) groups excluding carboxylic acids is 2. The molecule has 68 valence electrons. The first kappa shape index (κ1) is 8.79. The van der Waals surface area contributed by atoms with Gasteiger partial charge in [0.25, 0.3) is 0 Å². The number of amides is 1. The molecule has 6 heteroatoms. The lowest BCUT2D eigenvalue weighted by molar-refractivity contribution is -0.119. The van der Waals surface area contributed by atoms with Crippen molar-refractivity contribution >= 4 is 12.1 Å². The summed E-state index contributed by atoms with van der Waals surface area (Å²) in [5.74, 6) is -0.124. The third kappa shape index (κ3) is 2.39. The molecule has 0 aliphatic carbocycles. The summed E-state index contributed by atoms with van der Waals surface area (Å²) < 4.78 is 9.01. The Hall–Kier alpha value is -1.30. The van der Waals surface area contributed by atoms with Crippen molar-refractivity contribution in [3.05, 3.63) is 0 Å². The van der Waals surface area contributed by atoms with Crippen LogP contribution >= 0.6 is 0 Å². The Morgan fingerprint density at radius 2 is 2.50 bits per heavy atom. The molecule has 0 saturated carbocycles. The summed E-state index contributed by atoms with van der Waals surface area (Å²) in [6, 6.07) is 0. The first-order valence-corrected chi connectivity index (χ1v) is 3.52. The number of hydrogen-bond acceptors (Lipinski definition) is 5. The zero-order valence-corrected chi connectivity index (χ0v) is 6.41. The summed E-state index contributed by atoms with van der Waals surface area (Å²) in [6.07, 6.45) is -1.06. The second kappa shape index (κ2) is 3.91. The molecule has 1 amide bonds. The van der Waals surface area contributed by atoms with Crippen molar-refractivity contribution in [3.63, 3.8) is 0 Å². The zero-order chi connectivity index (χ0) is 8.97. The molecule has 1 fully saturated rings. The third-order valence-electron chi connectivity index (χ3n) is 1.40. The van der Waals surface area contributed by atoms with Crippen LogP contribution in [0.25, 0.3) is 0 Å². The molecule has 1 aliphatic heterocycles. The van der Waals surface area contributed by atoms with Gasteiger partial charge in [-0.2, -0.15) is 0 Å². The Morgan fingerprint density at radius 3 is 3.00 bits per heavy atom. The summed E-state index contributed by atoms with van der Waals surface area (Å²) >= 11 is 0. The van der Waals surface area contributed by atoms with Gasteiger partial charge in [-0.1, -0.05) is 0 Å². The maximum absolute atomic E-state index is 10.6. The van der Waals surface area contributed by atoms with Crippen LogP contribution < -0.4 is 11.1 Å². The molecule has 1 atom stereocenters. The van der Waals surface area contributed by atoms with Gasteiger partial charge in [0.2, 0.25) is 5.91 Å².